The SMILES string of the molecule is CC(C(=O)N(C)C)c1ccc(NC(=O)OC(C)(C)C)cc1. The lowest BCUT2D eigenvalue weighted by molar-refractivity contribution is -0.129. The van der Waals surface area contributed by atoms with Crippen molar-refractivity contribution in [1.29, 1.82) is 0 Å². The lowest BCUT2D eigenvalue weighted by Gasteiger charge is -2.20. The molecule has 1 aromatic rings. The maximum atomic E-state index is 11.9. The van der Waals surface area contributed by atoms with Crippen LogP contribution in [-0.2, 0) is 9.53 Å². The van der Waals surface area contributed by atoms with E-state index in [1.54, 1.807) is 31.1 Å². The maximum Gasteiger partial charge on any atom is 0.412 e. The summed E-state index contributed by atoms with van der Waals surface area (Å²) in [6, 6.07) is 7.19. The zero-order valence-electron chi connectivity index (χ0n) is 13.6. The van der Waals surface area contributed by atoms with E-state index in [9.17, 15) is 9.59 Å². The molecule has 0 saturated heterocycles. The Morgan fingerprint density at radius 2 is 1.67 bits per heavy atom. The van der Waals surface area contributed by atoms with Crippen molar-refractivity contribution < 1.29 is 14.3 Å². The minimum Gasteiger partial charge on any atom is -0.444 e. The maximum absolute atomic E-state index is 11.9. The second kappa shape index (κ2) is 6.61. The molecular formula is C16H24N2O3. The molecule has 21 heavy (non-hydrogen) atoms. The van der Waals surface area contributed by atoms with Crippen LogP contribution in [0.3, 0.4) is 0 Å². The summed E-state index contributed by atoms with van der Waals surface area (Å²) >= 11 is 0. The van der Waals surface area contributed by atoms with Crippen LogP contribution < -0.4 is 5.32 Å². The second-order valence-electron chi connectivity index (χ2n) is 6.20. The molecule has 1 N–H and O–H groups in total. The minimum absolute atomic E-state index is 0.0443. The first-order valence-electron chi connectivity index (χ1n) is 6.91. The summed E-state index contributed by atoms with van der Waals surface area (Å²) in [6.07, 6.45) is -0.493. The first kappa shape index (κ1) is 17.0. The molecule has 0 aromatic heterocycles. The van der Waals surface area contributed by atoms with E-state index in [1.165, 1.54) is 0 Å². The molecule has 0 bridgehead atoms. The van der Waals surface area contributed by atoms with Gasteiger partial charge in [0.2, 0.25) is 5.91 Å². The number of carbonyl (C=O) groups is 2. The summed E-state index contributed by atoms with van der Waals surface area (Å²) < 4.78 is 5.18. The van der Waals surface area contributed by atoms with Gasteiger partial charge in [0.25, 0.3) is 0 Å². The molecule has 0 radical (unpaired) electrons. The number of carbonyl (C=O) groups excluding carboxylic acids is 2. The van der Waals surface area contributed by atoms with Crippen LogP contribution in [0.25, 0.3) is 0 Å². The Balaban J connectivity index is 2.70. The molecule has 0 heterocycles. The van der Waals surface area contributed by atoms with Crippen molar-refractivity contribution in [2.24, 2.45) is 0 Å². The van der Waals surface area contributed by atoms with Crippen molar-refractivity contribution in [3.05, 3.63) is 29.8 Å². The number of anilines is 1. The summed E-state index contributed by atoms with van der Waals surface area (Å²) in [6.45, 7) is 7.29. The molecule has 1 rings (SSSR count). The fraction of sp³-hybridized carbons (Fsp3) is 0.500. The monoisotopic (exact) mass is 292 g/mol. The van der Waals surface area contributed by atoms with Gasteiger partial charge in [0.15, 0.2) is 0 Å². The van der Waals surface area contributed by atoms with E-state index in [1.807, 2.05) is 39.8 Å². The van der Waals surface area contributed by atoms with Crippen molar-refractivity contribution in [3.63, 3.8) is 0 Å². The van der Waals surface area contributed by atoms with Gasteiger partial charge >= 0.3 is 6.09 Å². The molecule has 0 aliphatic heterocycles. The van der Waals surface area contributed by atoms with Crippen molar-refractivity contribution >= 4 is 17.7 Å². The number of hydrogen-bond donors (Lipinski definition) is 1. The van der Waals surface area contributed by atoms with Gasteiger partial charge in [-0.25, -0.2) is 4.79 Å². The molecule has 0 aliphatic rings. The molecule has 1 atom stereocenters. The molecule has 116 valence electrons. The van der Waals surface area contributed by atoms with Gasteiger partial charge in [0.05, 0.1) is 5.92 Å². The van der Waals surface area contributed by atoms with Crippen LogP contribution in [0, 0.1) is 0 Å². The van der Waals surface area contributed by atoms with Crippen LogP contribution in [0.1, 0.15) is 39.2 Å². The smallest absolute Gasteiger partial charge is 0.412 e. The molecule has 0 saturated carbocycles. The summed E-state index contributed by atoms with van der Waals surface area (Å²) in [5.41, 5.74) is 1.01. The van der Waals surface area contributed by atoms with Crippen molar-refractivity contribution in [2.45, 2.75) is 39.2 Å². The first-order chi connectivity index (χ1) is 9.60. The summed E-state index contributed by atoms with van der Waals surface area (Å²) in [5.74, 6) is -0.168. The number of likely N-dealkylation sites (N-methyl/N-ethyl adjacent to an activating group) is 1. The fourth-order valence-corrected chi connectivity index (χ4v) is 1.81. The first-order valence-corrected chi connectivity index (χ1v) is 6.91. The highest BCUT2D eigenvalue weighted by molar-refractivity contribution is 5.85. The fourth-order valence-electron chi connectivity index (χ4n) is 1.81. The lowest BCUT2D eigenvalue weighted by Crippen LogP contribution is -2.27. The largest absolute Gasteiger partial charge is 0.444 e. The molecule has 1 unspecified atom stereocenters. The number of amides is 2. The third-order valence-corrected chi connectivity index (χ3v) is 2.87. The van der Waals surface area contributed by atoms with Crippen molar-refractivity contribution in [3.8, 4) is 0 Å². The Labute approximate surface area is 126 Å². The molecular weight excluding hydrogens is 268 g/mol. The summed E-state index contributed by atoms with van der Waals surface area (Å²) in [7, 11) is 3.47. The Morgan fingerprint density at radius 3 is 2.10 bits per heavy atom. The third kappa shape index (κ3) is 5.45. The Bertz CT molecular complexity index is 501. The highest BCUT2D eigenvalue weighted by Gasteiger charge is 2.18. The van der Waals surface area contributed by atoms with Gasteiger partial charge < -0.3 is 9.64 Å². The van der Waals surface area contributed by atoms with Crippen LogP contribution in [-0.4, -0.2) is 36.6 Å². The van der Waals surface area contributed by atoms with Gasteiger partial charge in [-0.1, -0.05) is 12.1 Å². The van der Waals surface area contributed by atoms with Crippen LogP contribution in [0.4, 0.5) is 10.5 Å². The van der Waals surface area contributed by atoms with Gasteiger partial charge in [-0.3, -0.25) is 10.1 Å². The quantitative estimate of drug-likeness (QED) is 0.930. The van der Waals surface area contributed by atoms with E-state index >= 15 is 0 Å². The highest BCUT2D eigenvalue weighted by atomic mass is 16.6. The Kier molecular flexibility index (Phi) is 5.35. The predicted molar refractivity (Wildman–Crippen MR) is 83.4 cm³/mol. The van der Waals surface area contributed by atoms with Gasteiger partial charge in [-0.05, 0) is 45.4 Å². The number of benzene rings is 1. The van der Waals surface area contributed by atoms with E-state index < -0.39 is 11.7 Å². The van der Waals surface area contributed by atoms with E-state index in [2.05, 4.69) is 5.32 Å². The molecule has 0 spiro atoms. The highest BCUT2D eigenvalue weighted by Crippen LogP contribution is 2.20. The molecule has 1 aromatic carbocycles. The van der Waals surface area contributed by atoms with Crippen LogP contribution in [0.5, 0.6) is 0 Å². The normalized spacial score (nSPS) is 12.5. The standard InChI is InChI=1S/C16H24N2O3/c1-11(14(19)18(5)6)12-7-9-13(10-8-12)17-15(20)21-16(2,3)4/h7-11H,1-6H3,(H,17,20). The number of hydrogen-bond acceptors (Lipinski definition) is 3. The molecule has 0 aliphatic carbocycles. The molecule has 0 fully saturated rings. The number of nitrogens with one attached hydrogen (secondary N) is 1. The topological polar surface area (TPSA) is 58.6 Å². The van der Waals surface area contributed by atoms with Crippen molar-refractivity contribution in [1.82, 2.24) is 4.90 Å². The van der Waals surface area contributed by atoms with Gasteiger partial charge in [0, 0.05) is 19.8 Å². The van der Waals surface area contributed by atoms with E-state index in [0.29, 0.717) is 5.69 Å². The molecule has 5 nitrogen and oxygen atoms in total. The number of ether oxygens (including phenoxy) is 1. The zero-order chi connectivity index (χ0) is 16.2. The van der Waals surface area contributed by atoms with Gasteiger partial charge in [0.1, 0.15) is 5.60 Å². The molecule has 5 heteroatoms. The third-order valence-electron chi connectivity index (χ3n) is 2.87. The Hall–Kier alpha value is -2.04. The molecule has 2 amide bonds. The zero-order valence-corrected chi connectivity index (χ0v) is 13.6. The van der Waals surface area contributed by atoms with E-state index in [0.717, 1.165) is 5.56 Å². The summed E-state index contributed by atoms with van der Waals surface area (Å²) in [4.78, 5) is 25.1. The Morgan fingerprint density at radius 1 is 1.14 bits per heavy atom. The average molecular weight is 292 g/mol. The van der Waals surface area contributed by atoms with Crippen LogP contribution in [0.2, 0.25) is 0 Å². The van der Waals surface area contributed by atoms with Crippen molar-refractivity contribution in [2.75, 3.05) is 19.4 Å². The van der Waals surface area contributed by atoms with E-state index in [-0.39, 0.29) is 11.8 Å². The summed E-state index contributed by atoms with van der Waals surface area (Å²) in [5, 5.41) is 2.66. The average Bonchev–Trinajstić information content (AvgIpc) is 2.35. The number of rotatable bonds is 3. The van der Waals surface area contributed by atoms with Gasteiger partial charge in [-0.15, -0.1) is 0 Å². The lowest BCUT2D eigenvalue weighted by atomic mass is 10.00. The van der Waals surface area contributed by atoms with Gasteiger partial charge in [-0.2, -0.15) is 0 Å². The minimum atomic E-state index is -0.531. The van der Waals surface area contributed by atoms with E-state index in [4.69, 9.17) is 4.74 Å². The van der Waals surface area contributed by atoms with Crippen LogP contribution in [0.15, 0.2) is 24.3 Å². The number of nitrogens with zero attached hydrogens (tertiary/aromatic N) is 1. The predicted octanol–water partition coefficient (Wildman–Crippen LogP) is 3.23. The second-order valence-corrected chi connectivity index (χ2v) is 6.20. The van der Waals surface area contributed by atoms with Crippen LogP contribution >= 0.6 is 0 Å².